The molecule has 1 amide bonds. The Morgan fingerprint density at radius 3 is 2.48 bits per heavy atom. The first kappa shape index (κ1) is 16.7. The zero-order chi connectivity index (χ0) is 17.8. The topological polar surface area (TPSA) is 84.1 Å². The number of rotatable bonds is 5. The van der Waals surface area contributed by atoms with E-state index in [4.69, 9.17) is 4.74 Å². The van der Waals surface area contributed by atoms with Gasteiger partial charge >= 0.3 is 0 Å². The molecule has 0 bridgehead atoms. The number of nitrogens with zero attached hydrogens (tertiary/aromatic N) is 1. The minimum atomic E-state index is -0.244. The van der Waals surface area contributed by atoms with Crippen LogP contribution < -0.4 is 15.6 Å². The summed E-state index contributed by atoms with van der Waals surface area (Å²) in [5, 5.41) is 10.6. The molecule has 1 aromatic heterocycles. The molecule has 0 unspecified atom stereocenters. The van der Waals surface area contributed by atoms with Gasteiger partial charge in [-0.05, 0) is 44.2 Å². The summed E-state index contributed by atoms with van der Waals surface area (Å²) < 4.78 is 5.56. The molecule has 0 aliphatic heterocycles. The number of fused-ring (bicyclic) bond motifs is 1. The number of carbonyl (C=O) groups excluding carboxylic acids is 1. The molecule has 25 heavy (non-hydrogen) atoms. The zero-order valence-electron chi connectivity index (χ0n) is 14.1. The molecule has 1 heterocycles. The Balaban J connectivity index is 1.72. The van der Waals surface area contributed by atoms with Gasteiger partial charge in [-0.15, -0.1) is 0 Å². The second-order valence-electron chi connectivity index (χ2n) is 5.92. The molecular formula is C19H19N3O3. The Hall–Kier alpha value is -3.15. The Morgan fingerprint density at radius 1 is 1.12 bits per heavy atom. The molecule has 6 heteroatoms. The fourth-order valence-corrected chi connectivity index (χ4v) is 2.53. The van der Waals surface area contributed by atoms with Gasteiger partial charge in [0.2, 0.25) is 0 Å². The molecule has 0 spiro atoms. The van der Waals surface area contributed by atoms with E-state index in [1.807, 2.05) is 26.0 Å². The molecule has 0 aliphatic rings. The summed E-state index contributed by atoms with van der Waals surface area (Å²) in [6, 6.07) is 14.1. The summed E-state index contributed by atoms with van der Waals surface area (Å²) in [4.78, 5) is 24.1. The van der Waals surface area contributed by atoms with Crippen LogP contribution in [0.2, 0.25) is 0 Å². The molecule has 0 radical (unpaired) electrons. The van der Waals surface area contributed by atoms with Gasteiger partial charge in [0, 0.05) is 10.9 Å². The summed E-state index contributed by atoms with van der Waals surface area (Å²) in [5.74, 6) is 0.507. The molecule has 0 atom stereocenters. The minimum Gasteiger partial charge on any atom is -0.491 e. The van der Waals surface area contributed by atoms with Crippen LogP contribution in [0.3, 0.4) is 0 Å². The van der Waals surface area contributed by atoms with Crippen LogP contribution in [0.1, 0.15) is 29.9 Å². The Labute approximate surface area is 144 Å². The van der Waals surface area contributed by atoms with Crippen LogP contribution in [0.5, 0.6) is 5.75 Å². The quantitative estimate of drug-likeness (QED) is 0.749. The molecule has 3 rings (SSSR count). The maximum absolute atomic E-state index is 12.3. The Kier molecular flexibility index (Phi) is 4.79. The van der Waals surface area contributed by atoms with Gasteiger partial charge in [0.1, 0.15) is 5.75 Å². The van der Waals surface area contributed by atoms with Crippen molar-refractivity contribution in [3.05, 3.63) is 70.1 Å². The maximum Gasteiger partial charge on any atom is 0.272 e. The molecule has 0 saturated carbocycles. The monoisotopic (exact) mass is 337 g/mol. The van der Waals surface area contributed by atoms with Crippen molar-refractivity contribution >= 4 is 16.7 Å². The molecule has 2 aromatic carbocycles. The van der Waals surface area contributed by atoms with Crippen LogP contribution in [0.15, 0.2) is 53.3 Å². The minimum absolute atomic E-state index is 0.0827. The predicted octanol–water partition coefficient (Wildman–Crippen LogP) is 2.64. The van der Waals surface area contributed by atoms with Crippen molar-refractivity contribution in [2.45, 2.75) is 26.5 Å². The van der Waals surface area contributed by atoms with Crippen LogP contribution in [-0.2, 0) is 6.54 Å². The second-order valence-corrected chi connectivity index (χ2v) is 5.92. The number of nitrogens with one attached hydrogen (secondary N) is 2. The molecule has 2 N–H and O–H groups in total. The lowest BCUT2D eigenvalue weighted by Gasteiger charge is -2.10. The molecule has 0 aliphatic carbocycles. The van der Waals surface area contributed by atoms with Gasteiger partial charge in [-0.25, -0.2) is 5.10 Å². The van der Waals surface area contributed by atoms with Crippen LogP contribution in [0, 0.1) is 0 Å². The molecule has 0 saturated heterocycles. The van der Waals surface area contributed by atoms with Crippen LogP contribution in [0.25, 0.3) is 10.8 Å². The SMILES string of the molecule is CC(C)Oc1ccc(C(=O)NCc2n[nH]c(=O)c3ccccc23)cc1. The normalized spacial score (nSPS) is 10.8. The largest absolute Gasteiger partial charge is 0.491 e. The fraction of sp³-hybridized carbons (Fsp3) is 0.211. The van der Waals surface area contributed by atoms with E-state index in [0.717, 1.165) is 11.1 Å². The predicted molar refractivity (Wildman–Crippen MR) is 95.7 cm³/mol. The second kappa shape index (κ2) is 7.17. The van der Waals surface area contributed by atoms with Gasteiger partial charge in [0.15, 0.2) is 0 Å². The highest BCUT2D eigenvalue weighted by molar-refractivity contribution is 5.94. The van der Waals surface area contributed by atoms with Crippen LogP contribution in [-0.4, -0.2) is 22.2 Å². The Bertz CT molecular complexity index is 946. The van der Waals surface area contributed by atoms with Crippen molar-refractivity contribution in [3.8, 4) is 5.75 Å². The highest BCUT2D eigenvalue weighted by atomic mass is 16.5. The van der Waals surface area contributed by atoms with E-state index in [0.29, 0.717) is 16.6 Å². The molecule has 0 fully saturated rings. The van der Waals surface area contributed by atoms with E-state index < -0.39 is 0 Å². The highest BCUT2D eigenvalue weighted by Gasteiger charge is 2.09. The van der Waals surface area contributed by atoms with Gasteiger partial charge < -0.3 is 10.1 Å². The lowest BCUT2D eigenvalue weighted by Crippen LogP contribution is -2.24. The highest BCUT2D eigenvalue weighted by Crippen LogP contribution is 2.15. The summed E-state index contributed by atoms with van der Waals surface area (Å²) in [6.45, 7) is 4.12. The number of hydrogen-bond donors (Lipinski definition) is 2. The van der Waals surface area contributed by atoms with Gasteiger partial charge in [0.05, 0.1) is 23.7 Å². The standard InChI is InChI=1S/C19H19N3O3/c1-12(2)25-14-9-7-13(8-10-14)18(23)20-11-17-15-5-3-4-6-16(15)19(24)22-21-17/h3-10,12H,11H2,1-2H3,(H,20,23)(H,22,24). The van der Waals surface area contributed by atoms with Gasteiger partial charge in [-0.1, -0.05) is 18.2 Å². The molecule has 3 aromatic rings. The summed E-state index contributed by atoms with van der Waals surface area (Å²) in [6.07, 6.45) is 0.0827. The molecular weight excluding hydrogens is 318 g/mol. The lowest BCUT2D eigenvalue weighted by atomic mass is 10.1. The summed E-state index contributed by atoms with van der Waals surface area (Å²) in [7, 11) is 0. The van der Waals surface area contributed by atoms with Gasteiger partial charge in [-0.2, -0.15) is 5.10 Å². The van der Waals surface area contributed by atoms with E-state index in [1.54, 1.807) is 36.4 Å². The van der Waals surface area contributed by atoms with E-state index >= 15 is 0 Å². The third kappa shape index (κ3) is 3.85. The Morgan fingerprint density at radius 2 is 1.80 bits per heavy atom. The average molecular weight is 337 g/mol. The zero-order valence-corrected chi connectivity index (χ0v) is 14.1. The number of aromatic nitrogens is 2. The van der Waals surface area contributed by atoms with Crippen molar-refractivity contribution in [2.75, 3.05) is 0 Å². The molecule has 6 nitrogen and oxygen atoms in total. The van der Waals surface area contributed by atoms with Crippen LogP contribution in [0.4, 0.5) is 0 Å². The fourth-order valence-electron chi connectivity index (χ4n) is 2.53. The number of amides is 1. The number of ether oxygens (including phenoxy) is 1. The van der Waals surface area contributed by atoms with E-state index in [1.165, 1.54) is 0 Å². The smallest absolute Gasteiger partial charge is 0.272 e. The van der Waals surface area contributed by atoms with E-state index in [9.17, 15) is 9.59 Å². The van der Waals surface area contributed by atoms with Gasteiger partial charge in [-0.3, -0.25) is 9.59 Å². The lowest BCUT2D eigenvalue weighted by molar-refractivity contribution is 0.0950. The first-order valence-electron chi connectivity index (χ1n) is 8.06. The number of hydrogen-bond acceptors (Lipinski definition) is 4. The summed E-state index contributed by atoms with van der Waals surface area (Å²) in [5.41, 5.74) is 0.902. The number of carbonyl (C=O) groups is 1. The number of H-pyrrole nitrogens is 1. The van der Waals surface area contributed by atoms with Gasteiger partial charge in [0.25, 0.3) is 11.5 Å². The number of benzene rings is 2. The number of aromatic amines is 1. The first-order valence-corrected chi connectivity index (χ1v) is 8.06. The summed E-state index contributed by atoms with van der Waals surface area (Å²) >= 11 is 0. The van der Waals surface area contributed by atoms with Crippen LogP contribution >= 0.6 is 0 Å². The maximum atomic E-state index is 12.3. The first-order chi connectivity index (χ1) is 12.0. The van der Waals surface area contributed by atoms with Crippen molar-refractivity contribution in [1.29, 1.82) is 0 Å². The van der Waals surface area contributed by atoms with E-state index in [2.05, 4.69) is 15.5 Å². The van der Waals surface area contributed by atoms with Crippen molar-refractivity contribution in [2.24, 2.45) is 0 Å². The van der Waals surface area contributed by atoms with E-state index in [-0.39, 0.29) is 24.1 Å². The third-order valence-electron chi connectivity index (χ3n) is 3.68. The average Bonchev–Trinajstić information content (AvgIpc) is 2.61. The third-order valence-corrected chi connectivity index (χ3v) is 3.68. The van der Waals surface area contributed by atoms with Crippen molar-refractivity contribution < 1.29 is 9.53 Å². The van der Waals surface area contributed by atoms with Crippen molar-refractivity contribution in [1.82, 2.24) is 15.5 Å². The molecule has 128 valence electrons. The van der Waals surface area contributed by atoms with Crippen molar-refractivity contribution in [3.63, 3.8) is 0 Å².